The maximum absolute atomic E-state index is 11.8. The van der Waals surface area contributed by atoms with Crippen LogP contribution in [0.15, 0.2) is 18.3 Å². The van der Waals surface area contributed by atoms with Crippen LogP contribution in [0, 0.1) is 6.92 Å². The molecule has 0 radical (unpaired) electrons. The number of anilines is 1. The molecular formula is C10H12N6O. The van der Waals surface area contributed by atoms with Gasteiger partial charge < -0.3 is 11.1 Å². The maximum Gasteiger partial charge on any atom is 0.257 e. The number of nitrogens with two attached hydrogens (primary N) is 1. The van der Waals surface area contributed by atoms with Crippen molar-refractivity contribution in [3.63, 3.8) is 0 Å². The molecule has 0 spiro atoms. The highest BCUT2D eigenvalue weighted by molar-refractivity contribution is 5.99. The number of H-pyrrole nitrogens is 1. The van der Waals surface area contributed by atoms with Crippen LogP contribution in [-0.2, 0) is 6.54 Å². The number of aromatic nitrogens is 4. The predicted molar refractivity (Wildman–Crippen MR) is 60.9 cm³/mol. The van der Waals surface area contributed by atoms with Crippen LogP contribution in [0.2, 0.25) is 0 Å². The van der Waals surface area contributed by atoms with Crippen molar-refractivity contribution in [2.75, 3.05) is 5.73 Å². The molecular weight excluding hydrogens is 220 g/mol. The first-order chi connectivity index (χ1) is 8.18. The second kappa shape index (κ2) is 4.60. The zero-order valence-electron chi connectivity index (χ0n) is 9.27. The van der Waals surface area contributed by atoms with Gasteiger partial charge in [0.05, 0.1) is 12.2 Å². The summed E-state index contributed by atoms with van der Waals surface area (Å²) in [7, 11) is 0. The van der Waals surface area contributed by atoms with E-state index in [0.717, 1.165) is 0 Å². The molecule has 0 aliphatic rings. The van der Waals surface area contributed by atoms with Crippen molar-refractivity contribution in [1.82, 2.24) is 25.7 Å². The van der Waals surface area contributed by atoms with Gasteiger partial charge >= 0.3 is 0 Å². The molecule has 0 saturated heterocycles. The summed E-state index contributed by atoms with van der Waals surface area (Å²) >= 11 is 0. The van der Waals surface area contributed by atoms with Gasteiger partial charge in [-0.05, 0) is 19.1 Å². The third kappa shape index (κ3) is 2.39. The van der Waals surface area contributed by atoms with Crippen molar-refractivity contribution in [3.8, 4) is 0 Å². The van der Waals surface area contributed by atoms with Crippen molar-refractivity contribution in [1.29, 1.82) is 0 Å². The summed E-state index contributed by atoms with van der Waals surface area (Å²) in [4.78, 5) is 11.8. The number of aryl methyl sites for hydroxylation is 1. The normalized spacial score (nSPS) is 10.2. The average Bonchev–Trinajstić information content (AvgIpc) is 2.67. The summed E-state index contributed by atoms with van der Waals surface area (Å²) < 4.78 is 0. The number of carbonyl (C=O) groups is 1. The lowest BCUT2D eigenvalue weighted by atomic mass is 10.2. The number of hydrogen-bond acceptors (Lipinski definition) is 5. The van der Waals surface area contributed by atoms with Gasteiger partial charge in [0, 0.05) is 11.9 Å². The van der Waals surface area contributed by atoms with Crippen molar-refractivity contribution in [2.24, 2.45) is 0 Å². The first-order valence-corrected chi connectivity index (χ1v) is 5.03. The monoisotopic (exact) mass is 232 g/mol. The number of nitrogens with zero attached hydrogens (tertiary/aromatic N) is 3. The first kappa shape index (κ1) is 11.1. The van der Waals surface area contributed by atoms with E-state index in [2.05, 4.69) is 25.7 Å². The van der Waals surface area contributed by atoms with Crippen molar-refractivity contribution in [3.05, 3.63) is 35.3 Å². The molecule has 0 aliphatic carbocycles. The number of nitrogen functional groups attached to an aromatic ring is 1. The quantitative estimate of drug-likeness (QED) is 0.691. The fourth-order valence-corrected chi connectivity index (χ4v) is 1.42. The molecule has 0 saturated carbocycles. The molecule has 7 nitrogen and oxygen atoms in total. The van der Waals surface area contributed by atoms with Gasteiger partial charge in [-0.1, -0.05) is 0 Å². The summed E-state index contributed by atoms with van der Waals surface area (Å²) in [5.74, 6) is -0.0847. The van der Waals surface area contributed by atoms with Crippen molar-refractivity contribution >= 4 is 11.7 Å². The Kier molecular flexibility index (Phi) is 2.99. The second-order valence-electron chi connectivity index (χ2n) is 3.51. The topological polar surface area (TPSA) is 110 Å². The Morgan fingerprint density at radius 3 is 3.00 bits per heavy atom. The number of nitrogens with one attached hydrogen (secondary N) is 2. The fraction of sp³-hybridized carbons (Fsp3) is 0.200. The summed E-state index contributed by atoms with van der Waals surface area (Å²) in [5, 5.41) is 16.7. The number of rotatable bonds is 3. The third-order valence-corrected chi connectivity index (χ3v) is 2.26. The maximum atomic E-state index is 11.8. The summed E-state index contributed by atoms with van der Waals surface area (Å²) in [6.45, 7) is 2.04. The molecule has 2 heterocycles. The van der Waals surface area contributed by atoms with Crippen LogP contribution >= 0.6 is 0 Å². The van der Waals surface area contributed by atoms with Gasteiger partial charge in [0.1, 0.15) is 5.56 Å². The van der Waals surface area contributed by atoms with Crippen LogP contribution in [-0.4, -0.2) is 26.3 Å². The third-order valence-electron chi connectivity index (χ3n) is 2.26. The minimum Gasteiger partial charge on any atom is -0.382 e. The van der Waals surface area contributed by atoms with E-state index in [1.54, 1.807) is 25.3 Å². The molecule has 2 rings (SSSR count). The van der Waals surface area contributed by atoms with Crippen molar-refractivity contribution < 1.29 is 4.79 Å². The van der Waals surface area contributed by atoms with Crippen LogP contribution in [0.1, 0.15) is 21.7 Å². The molecule has 17 heavy (non-hydrogen) atoms. The average molecular weight is 232 g/mol. The SMILES string of the molecule is Cc1[nH]nc(N)c1C(=O)NCc1cccnn1. The van der Waals surface area contributed by atoms with Gasteiger partial charge in [0.15, 0.2) is 5.82 Å². The molecule has 2 aromatic rings. The Morgan fingerprint density at radius 2 is 2.41 bits per heavy atom. The molecule has 7 heteroatoms. The van der Waals surface area contributed by atoms with E-state index >= 15 is 0 Å². The molecule has 88 valence electrons. The highest BCUT2D eigenvalue weighted by Gasteiger charge is 2.15. The smallest absolute Gasteiger partial charge is 0.257 e. The largest absolute Gasteiger partial charge is 0.382 e. The summed E-state index contributed by atoms with van der Waals surface area (Å²) in [6.07, 6.45) is 1.57. The lowest BCUT2D eigenvalue weighted by Gasteiger charge is -2.03. The van der Waals surface area contributed by atoms with E-state index in [4.69, 9.17) is 5.73 Å². The van der Waals surface area contributed by atoms with Crippen LogP contribution in [0.3, 0.4) is 0 Å². The molecule has 2 aromatic heterocycles. The van der Waals surface area contributed by atoms with E-state index in [1.807, 2.05) is 0 Å². The Bertz CT molecular complexity index is 501. The van der Waals surface area contributed by atoms with Gasteiger partial charge in [0.25, 0.3) is 5.91 Å². The molecule has 0 atom stereocenters. The minimum absolute atomic E-state index is 0.194. The fourth-order valence-electron chi connectivity index (χ4n) is 1.42. The van der Waals surface area contributed by atoms with Gasteiger partial charge in [-0.2, -0.15) is 15.3 Å². The van der Waals surface area contributed by atoms with Gasteiger partial charge in [-0.25, -0.2) is 0 Å². The zero-order valence-corrected chi connectivity index (χ0v) is 9.27. The van der Waals surface area contributed by atoms with Crippen LogP contribution in [0.4, 0.5) is 5.82 Å². The number of carbonyl (C=O) groups excluding carboxylic acids is 1. The van der Waals surface area contributed by atoms with Crippen LogP contribution in [0.5, 0.6) is 0 Å². The van der Waals surface area contributed by atoms with Crippen LogP contribution in [0.25, 0.3) is 0 Å². The van der Waals surface area contributed by atoms with Crippen LogP contribution < -0.4 is 11.1 Å². The standard InChI is InChI=1S/C10H12N6O/c1-6-8(9(11)16-14-6)10(17)12-5-7-3-2-4-13-15-7/h2-4H,5H2,1H3,(H,12,17)(H3,11,14,16). The Morgan fingerprint density at radius 1 is 1.59 bits per heavy atom. The first-order valence-electron chi connectivity index (χ1n) is 5.03. The molecule has 0 aromatic carbocycles. The molecule has 0 aliphatic heterocycles. The number of hydrogen-bond donors (Lipinski definition) is 3. The number of aromatic amines is 1. The van der Waals surface area contributed by atoms with E-state index in [-0.39, 0.29) is 11.7 Å². The van der Waals surface area contributed by atoms with Crippen molar-refractivity contribution in [2.45, 2.75) is 13.5 Å². The summed E-state index contributed by atoms with van der Waals surface area (Å²) in [6, 6.07) is 3.53. The highest BCUT2D eigenvalue weighted by atomic mass is 16.1. The predicted octanol–water partition coefficient (Wildman–Crippen LogP) is 0.0203. The molecule has 0 unspecified atom stereocenters. The summed E-state index contributed by atoms with van der Waals surface area (Å²) in [5.41, 5.74) is 7.27. The highest BCUT2D eigenvalue weighted by Crippen LogP contribution is 2.11. The van der Waals surface area contributed by atoms with E-state index in [1.165, 1.54) is 0 Å². The van der Waals surface area contributed by atoms with E-state index in [9.17, 15) is 4.79 Å². The Balaban J connectivity index is 2.04. The second-order valence-corrected chi connectivity index (χ2v) is 3.51. The van der Waals surface area contributed by atoms with E-state index < -0.39 is 0 Å². The van der Waals surface area contributed by atoms with Gasteiger partial charge in [-0.3, -0.25) is 9.89 Å². The molecule has 0 bridgehead atoms. The van der Waals surface area contributed by atoms with Gasteiger partial charge in [0.2, 0.25) is 0 Å². The lowest BCUT2D eigenvalue weighted by molar-refractivity contribution is 0.0950. The Labute approximate surface area is 97.4 Å². The molecule has 1 amide bonds. The molecule has 0 fully saturated rings. The van der Waals surface area contributed by atoms with E-state index in [0.29, 0.717) is 23.5 Å². The molecule has 4 N–H and O–H groups in total. The number of amides is 1. The lowest BCUT2D eigenvalue weighted by Crippen LogP contribution is -2.24. The minimum atomic E-state index is -0.278. The Hall–Kier alpha value is -2.44. The zero-order chi connectivity index (χ0) is 12.3. The van der Waals surface area contributed by atoms with Gasteiger partial charge in [-0.15, -0.1) is 0 Å².